The number of hydrogen-bond donors (Lipinski definition) is 0. The molecule has 2 aromatic rings. The lowest BCUT2D eigenvalue weighted by molar-refractivity contribution is -0.384. The van der Waals surface area contributed by atoms with Crippen molar-refractivity contribution < 1.29 is 4.92 Å². The average Bonchev–Trinajstić information content (AvgIpc) is 2.45. The van der Waals surface area contributed by atoms with Crippen LogP contribution in [0.2, 0.25) is 0 Å². The Bertz CT molecular complexity index is 651. The molecular formula is C17H18N2O2. The van der Waals surface area contributed by atoms with Gasteiger partial charge in [0.1, 0.15) is 0 Å². The molecule has 0 bridgehead atoms. The largest absolute Gasteiger partial charge is 0.269 e. The molecule has 0 radical (unpaired) electrons. The van der Waals surface area contributed by atoms with E-state index in [2.05, 4.69) is 37.9 Å². The Morgan fingerprint density at radius 1 is 1.00 bits per heavy atom. The van der Waals surface area contributed by atoms with Crippen LogP contribution < -0.4 is 0 Å². The molecule has 0 fully saturated rings. The standard InChI is InChI=1S/C17H18N2O2/c1-17(2,3)14-6-8-15(9-7-14)18-12-13-4-10-16(11-5-13)19(20)21/h4-12H,1-3H3. The summed E-state index contributed by atoms with van der Waals surface area (Å²) in [4.78, 5) is 14.5. The van der Waals surface area contributed by atoms with Gasteiger partial charge in [0, 0.05) is 18.3 Å². The third-order valence-electron chi connectivity index (χ3n) is 3.20. The molecule has 0 aromatic heterocycles. The van der Waals surface area contributed by atoms with Gasteiger partial charge in [0.2, 0.25) is 0 Å². The summed E-state index contributed by atoms with van der Waals surface area (Å²) >= 11 is 0. The highest BCUT2D eigenvalue weighted by Crippen LogP contribution is 2.24. The van der Waals surface area contributed by atoms with E-state index in [0.29, 0.717) is 0 Å². The molecule has 0 atom stereocenters. The van der Waals surface area contributed by atoms with Crippen LogP contribution in [0.4, 0.5) is 11.4 Å². The van der Waals surface area contributed by atoms with Gasteiger partial charge in [-0.1, -0.05) is 32.9 Å². The first-order valence-corrected chi connectivity index (χ1v) is 6.75. The van der Waals surface area contributed by atoms with Crippen molar-refractivity contribution in [3.8, 4) is 0 Å². The van der Waals surface area contributed by atoms with Gasteiger partial charge in [-0.2, -0.15) is 0 Å². The van der Waals surface area contributed by atoms with E-state index in [1.54, 1.807) is 18.3 Å². The van der Waals surface area contributed by atoms with Crippen LogP contribution in [0, 0.1) is 10.1 Å². The number of hydrogen-bond acceptors (Lipinski definition) is 3. The molecule has 0 saturated carbocycles. The molecule has 0 aliphatic rings. The second-order valence-corrected chi connectivity index (χ2v) is 5.90. The predicted octanol–water partition coefficient (Wildman–Crippen LogP) is 4.64. The third-order valence-corrected chi connectivity index (χ3v) is 3.20. The van der Waals surface area contributed by atoms with Crippen molar-refractivity contribution in [2.75, 3.05) is 0 Å². The summed E-state index contributed by atoms with van der Waals surface area (Å²) in [6.07, 6.45) is 1.70. The molecule has 0 saturated heterocycles. The molecule has 0 amide bonds. The van der Waals surface area contributed by atoms with Crippen molar-refractivity contribution in [3.63, 3.8) is 0 Å². The number of benzene rings is 2. The van der Waals surface area contributed by atoms with Crippen molar-refractivity contribution in [2.45, 2.75) is 26.2 Å². The molecule has 0 N–H and O–H groups in total. The Balaban J connectivity index is 2.12. The number of rotatable bonds is 3. The first-order valence-electron chi connectivity index (χ1n) is 6.75. The highest BCUT2D eigenvalue weighted by Gasteiger charge is 2.12. The summed E-state index contributed by atoms with van der Waals surface area (Å²) in [7, 11) is 0. The molecule has 4 nitrogen and oxygen atoms in total. The maximum Gasteiger partial charge on any atom is 0.269 e. The van der Waals surface area contributed by atoms with Crippen LogP contribution in [0.3, 0.4) is 0 Å². The van der Waals surface area contributed by atoms with Crippen LogP contribution in [0.25, 0.3) is 0 Å². The van der Waals surface area contributed by atoms with E-state index in [1.807, 2.05) is 12.1 Å². The first kappa shape index (κ1) is 14.9. The molecule has 21 heavy (non-hydrogen) atoms. The fourth-order valence-corrected chi connectivity index (χ4v) is 1.88. The molecule has 0 aliphatic heterocycles. The van der Waals surface area contributed by atoms with E-state index < -0.39 is 4.92 Å². The van der Waals surface area contributed by atoms with Gasteiger partial charge in [-0.15, -0.1) is 0 Å². The van der Waals surface area contributed by atoms with Crippen LogP contribution >= 0.6 is 0 Å². The van der Waals surface area contributed by atoms with Crippen LogP contribution in [0.15, 0.2) is 53.5 Å². The zero-order chi connectivity index (χ0) is 15.5. The van der Waals surface area contributed by atoms with E-state index in [9.17, 15) is 10.1 Å². The molecule has 0 aliphatic carbocycles. The van der Waals surface area contributed by atoms with Crippen molar-refractivity contribution in [2.24, 2.45) is 4.99 Å². The summed E-state index contributed by atoms with van der Waals surface area (Å²) in [5, 5.41) is 10.6. The molecule has 2 rings (SSSR count). The molecule has 108 valence electrons. The molecular weight excluding hydrogens is 264 g/mol. The third kappa shape index (κ3) is 3.99. The average molecular weight is 282 g/mol. The predicted molar refractivity (Wildman–Crippen MR) is 85.5 cm³/mol. The van der Waals surface area contributed by atoms with Gasteiger partial charge in [-0.25, -0.2) is 0 Å². The minimum Gasteiger partial charge on any atom is -0.258 e. The number of nitrogens with zero attached hydrogens (tertiary/aromatic N) is 2. The summed E-state index contributed by atoms with van der Waals surface area (Å²) in [5.74, 6) is 0. The van der Waals surface area contributed by atoms with Crippen LogP contribution in [0.5, 0.6) is 0 Å². The molecule has 0 heterocycles. The normalized spacial score (nSPS) is 11.8. The van der Waals surface area contributed by atoms with Gasteiger partial charge in [0.25, 0.3) is 5.69 Å². The summed E-state index contributed by atoms with van der Waals surface area (Å²) in [6.45, 7) is 6.51. The van der Waals surface area contributed by atoms with Gasteiger partial charge in [0.15, 0.2) is 0 Å². The summed E-state index contributed by atoms with van der Waals surface area (Å²) in [5.41, 5.74) is 3.17. The number of nitro groups is 1. The maximum absolute atomic E-state index is 10.6. The number of aliphatic imine (C=N–C) groups is 1. The molecule has 0 unspecified atom stereocenters. The highest BCUT2D eigenvalue weighted by molar-refractivity contribution is 5.82. The summed E-state index contributed by atoms with van der Waals surface area (Å²) < 4.78 is 0. The van der Waals surface area contributed by atoms with Crippen LogP contribution in [0.1, 0.15) is 31.9 Å². The van der Waals surface area contributed by atoms with E-state index in [1.165, 1.54) is 17.7 Å². The van der Waals surface area contributed by atoms with Crippen molar-refractivity contribution in [3.05, 3.63) is 69.8 Å². The Labute approximate surface area is 124 Å². The monoisotopic (exact) mass is 282 g/mol. The lowest BCUT2D eigenvalue weighted by atomic mass is 9.87. The molecule has 4 heteroatoms. The van der Waals surface area contributed by atoms with Crippen molar-refractivity contribution in [1.29, 1.82) is 0 Å². The maximum atomic E-state index is 10.6. The fourth-order valence-electron chi connectivity index (χ4n) is 1.88. The van der Waals surface area contributed by atoms with E-state index in [0.717, 1.165) is 11.3 Å². The Hall–Kier alpha value is -2.49. The number of nitro benzene ring substituents is 1. The lowest BCUT2D eigenvalue weighted by Crippen LogP contribution is -2.10. The van der Waals surface area contributed by atoms with E-state index in [-0.39, 0.29) is 11.1 Å². The van der Waals surface area contributed by atoms with Gasteiger partial charge in [-0.3, -0.25) is 15.1 Å². The lowest BCUT2D eigenvalue weighted by Gasteiger charge is -2.18. The Morgan fingerprint density at radius 3 is 2.05 bits per heavy atom. The van der Waals surface area contributed by atoms with E-state index in [4.69, 9.17) is 0 Å². The Morgan fingerprint density at radius 2 is 1.57 bits per heavy atom. The summed E-state index contributed by atoms with van der Waals surface area (Å²) in [6, 6.07) is 14.4. The molecule has 0 spiro atoms. The quantitative estimate of drug-likeness (QED) is 0.467. The van der Waals surface area contributed by atoms with Crippen LogP contribution in [-0.2, 0) is 5.41 Å². The minimum atomic E-state index is -0.411. The van der Waals surface area contributed by atoms with Gasteiger partial charge < -0.3 is 0 Å². The van der Waals surface area contributed by atoms with Crippen molar-refractivity contribution in [1.82, 2.24) is 0 Å². The Kier molecular flexibility index (Phi) is 4.17. The van der Waals surface area contributed by atoms with E-state index >= 15 is 0 Å². The number of non-ortho nitro benzene ring substituents is 1. The van der Waals surface area contributed by atoms with Gasteiger partial charge in [0.05, 0.1) is 10.6 Å². The van der Waals surface area contributed by atoms with Crippen LogP contribution in [-0.4, -0.2) is 11.1 Å². The second kappa shape index (κ2) is 5.87. The fraction of sp³-hybridized carbons (Fsp3) is 0.235. The first-order chi connectivity index (χ1) is 9.86. The molecule has 2 aromatic carbocycles. The van der Waals surface area contributed by atoms with Gasteiger partial charge in [-0.05, 0) is 40.8 Å². The zero-order valence-electron chi connectivity index (χ0n) is 12.4. The highest BCUT2D eigenvalue weighted by atomic mass is 16.6. The topological polar surface area (TPSA) is 55.5 Å². The van der Waals surface area contributed by atoms with Gasteiger partial charge >= 0.3 is 0 Å². The smallest absolute Gasteiger partial charge is 0.258 e. The van der Waals surface area contributed by atoms with Crippen molar-refractivity contribution >= 4 is 17.6 Å². The minimum absolute atomic E-state index is 0.0849. The second-order valence-electron chi connectivity index (χ2n) is 5.90. The zero-order valence-corrected chi connectivity index (χ0v) is 12.4. The SMILES string of the molecule is CC(C)(C)c1ccc(N=Cc2ccc([N+](=O)[O-])cc2)cc1.